The highest BCUT2D eigenvalue weighted by atomic mass is 16.5. The molecule has 0 aliphatic rings. The van der Waals surface area contributed by atoms with E-state index >= 15 is 0 Å². The molecule has 3 aromatic rings. The summed E-state index contributed by atoms with van der Waals surface area (Å²) >= 11 is 0. The number of amides is 1. The van der Waals surface area contributed by atoms with Gasteiger partial charge in [0.15, 0.2) is 5.75 Å². The molecule has 0 aliphatic heterocycles. The highest BCUT2D eigenvalue weighted by Crippen LogP contribution is 2.30. The minimum Gasteiger partial charge on any atom is -0.494 e. The Labute approximate surface area is 145 Å². The maximum absolute atomic E-state index is 12.2. The Morgan fingerprint density at radius 2 is 1.84 bits per heavy atom. The van der Waals surface area contributed by atoms with Crippen LogP contribution in [0.15, 0.2) is 59.1 Å². The van der Waals surface area contributed by atoms with Crippen molar-refractivity contribution < 1.29 is 18.8 Å². The lowest BCUT2D eigenvalue weighted by atomic mass is 10.2. The van der Waals surface area contributed by atoms with E-state index in [0.29, 0.717) is 29.5 Å². The number of aryl methyl sites for hydroxylation is 1. The number of ether oxygens (including phenoxy) is 2. The van der Waals surface area contributed by atoms with E-state index in [9.17, 15) is 4.79 Å². The van der Waals surface area contributed by atoms with E-state index in [4.69, 9.17) is 14.0 Å². The van der Waals surface area contributed by atoms with Gasteiger partial charge in [-0.1, -0.05) is 17.3 Å². The van der Waals surface area contributed by atoms with Crippen LogP contribution in [0.25, 0.3) is 0 Å². The molecule has 1 heterocycles. The summed E-state index contributed by atoms with van der Waals surface area (Å²) in [7, 11) is 0. The number of hydrogen-bond donors (Lipinski definition) is 1. The Morgan fingerprint density at radius 1 is 1.12 bits per heavy atom. The zero-order chi connectivity index (χ0) is 17.6. The van der Waals surface area contributed by atoms with Crippen LogP contribution >= 0.6 is 0 Å². The van der Waals surface area contributed by atoms with E-state index in [2.05, 4.69) is 10.5 Å². The van der Waals surface area contributed by atoms with E-state index in [1.807, 2.05) is 43.3 Å². The fourth-order valence-electron chi connectivity index (χ4n) is 2.21. The smallest absolute Gasteiger partial charge is 0.294 e. The van der Waals surface area contributed by atoms with Crippen LogP contribution < -0.4 is 14.8 Å². The van der Waals surface area contributed by atoms with Gasteiger partial charge in [0.2, 0.25) is 5.76 Å². The lowest BCUT2D eigenvalue weighted by Gasteiger charge is -2.12. The number of rotatable bonds is 6. The molecule has 2 aromatic carbocycles. The van der Waals surface area contributed by atoms with Gasteiger partial charge in [0.05, 0.1) is 18.0 Å². The van der Waals surface area contributed by atoms with E-state index in [-0.39, 0.29) is 11.7 Å². The molecule has 25 heavy (non-hydrogen) atoms. The Hall–Kier alpha value is -3.28. The first-order valence-electron chi connectivity index (χ1n) is 7.90. The first kappa shape index (κ1) is 16.6. The van der Waals surface area contributed by atoms with Crippen LogP contribution in [-0.4, -0.2) is 17.7 Å². The molecule has 6 nitrogen and oxygen atoms in total. The third kappa shape index (κ3) is 4.17. The molecule has 0 unspecified atom stereocenters. The molecule has 1 aromatic heterocycles. The number of anilines is 1. The highest BCUT2D eigenvalue weighted by molar-refractivity contribution is 6.03. The summed E-state index contributed by atoms with van der Waals surface area (Å²) in [5.74, 6) is 1.70. The highest BCUT2D eigenvalue weighted by Gasteiger charge is 2.14. The molecule has 0 saturated carbocycles. The summed E-state index contributed by atoms with van der Waals surface area (Å²) in [4.78, 5) is 12.2. The summed E-state index contributed by atoms with van der Waals surface area (Å²) in [6, 6.07) is 16.0. The molecule has 0 aliphatic carbocycles. The molecule has 6 heteroatoms. The largest absolute Gasteiger partial charge is 0.494 e. The van der Waals surface area contributed by atoms with Gasteiger partial charge in [-0.15, -0.1) is 0 Å². The van der Waals surface area contributed by atoms with Gasteiger partial charge >= 0.3 is 0 Å². The zero-order valence-corrected chi connectivity index (χ0v) is 14.0. The monoisotopic (exact) mass is 338 g/mol. The molecule has 128 valence electrons. The zero-order valence-electron chi connectivity index (χ0n) is 14.0. The molecule has 0 spiro atoms. The molecule has 1 N–H and O–H groups in total. The molecule has 0 saturated heterocycles. The van der Waals surface area contributed by atoms with Gasteiger partial charge in [0.25, 0.3) is 5.91 Å². The number of carbonyl (C=O) groups excluding carboxylic acids is 1. The van der Waals surface area contributed by atoms with Crippen molar-refractivity contribution in [3.8, 4) is 17.2 Å². The number of hydrogen-bond acceptors (Lipinski definition) is 5. The Balaban J connectivity index is 1.75. The third-order valence-corrected chi connectivity index (χ3v) is 3.35. The van der Waals surface area contributed by atoms with Gasteiger partial charge in [-0.25, -0.2) is 0 Å². The van der Waals surface area contributed by atoms with Crippen molar-refractivity contribution in [1.82, 2.24) is 5.16 Å². The van der Waals surface area contributed by atoms with Crippen molar-refractivity contribution in [2.75, 3.05) is 11.9 Å². The van der Waals surface area contributed by atoms with Crippen LogP contribution in [0.4, 0.5) is 5.69 Å². The summed E-state index contributed by atoms with van der Waals surface area (Å²) in [6.45, 7) is 4.29. The van der Waals surface area contributed by atoms with Gasteiger partial charge in [0, 0.05) is 6.07 Å². The van der Waals surface area contributed by atoms with Crippen LogP contribution in [0, 0.1) is 6.92 Å². The van der Waals surface area contributed by atoms with Crippen molar-refractivity contribution in [1.29, 1.82) is 0 Å². The predicted molar refractivity (Wildman–Crippen MR) is 93.3 cm³/mol. The maximum Gasteiger partial charge on any atom is 0.294 e. The first-order valence-corrected chi connectivity index (χ1v) is 7.90. The number of nitrogens with one attached hydrogen (secondary N) is 1. The van der Waals surface area contributed by atoms with E-state index in [1.54, 1.807) is 25.1 Å². The summed E-state index contributed by atoms with van der Waals surface area (Å²) in [5.41, 5.74) is 1.18. The topological polar surface area (TPSA) is 73.6 Å². The second kappa shape index (κ2) is 7.53. The van der Waals surface area contributed by atoms with Gasteiger partial charge in [0.1, 0.15) is 11.5 Å². The fraction of sp³-hybridized carbons (Fsp3) is 0.158. The maximum atomic E-state index is 12.2. The number of benzene rings is 2. The van der Waals surface area contributed by atoms with Crippen LogP contribution in [0.2, 0.25) is 0 Å². The normalized spacial score (nSPS) is 10.3. The molecule has 0 bridgehead atoms. The first-order chi connectivity index (χ1) is 12.2. The second-order valence-corrected chi connectivity index (χ2v) is 5.29. The summed E-state index contributed by atoms with van der Waals surface area (Å²) in [6.07, 6.45) is 0. The lowest BCUT2D eigenvalue weighted by Crippen LogP contribution is -2.11. The van der Waals surface area contributed by atoms with Gasteiger partial charge in [-0.2, -0.15) is 0 Å². The molecule has 0 fully saturated rings. The van der Waals surface area contributed by atoms with Crippen LogP contribution in [-0.2, 0) is 0 Å². The molecule has 1 amide bonds. The van der Waals surface area contributed by atoms with Gasteiger partial charge in [-0.05, 0) is 50.2 Å². The summed E-state index contributed by atoms with van der Waals surface area (Å²) in [5, 5.41) is 6.48. The predicted octanol–water partition coefficient (Wildman–Crippen LogP) is 4.43. The van der Waals surface area contributed by atoms with Gasteiger partial charge < -0.3 is 19.3 Å². The SMILES string of the molecule is CCOc1ccc(Oc2ccccc2NC(=O)c2cc(C)no2)cc1. The Kier molecular flexibility index (Phi) is 4.99. The number of nitrogens with zero attached hydrogens (tertiary/aromatic N) is 1. The molecular formula is C19H18N2O4. The standard InChI is InChI=1S/C19H18N2O4/c1-3-23-14-8-10-15(11-9-14)24-17-7-5-4-6-16(17)20-19(22)18-12-13(2)21-25-18/h4-12H,3H2,1-2H3,(H,20,22). The van der Waals surface area contributed by atoms with Crippen molar-refractivity contribution in [2.24, 2.45) is 0 Å². The van der Waals surface area contributed by atoms with Crippen LogP contribution in [0.1, 0.15) is 23.2 Å². The van der Waals surface area contributed by atoms with E-state index in [0.717, 1.165) is 5.75 Å². The minimum atomic E-state index is -0.386. The quantitative estimate of drug-likeness (QED) is 0.720. The Bertz CT molecular complexity index is 856. The average molecular weight is 338 g/mol. The molecule has 0 radical (unpaired) electrons. The number of carbonyl (C=O) groups is 1. The van der Waals surface area contributed by atoms with Crippen molar-refractivity contribution in [3.05, 3.63) is 66.1 Å². The molecular weight excluding hydrogens is 320 g/mol. The molecule has 3 rings (SSSR count). The number of aromatic nitrogens is 1. The van der Waals surface area contributed by atoms with Crippen LogP contribution in [0.5, 0.6) is 17.2 Å². The van der Waals surface area contributed by atoms with Crippen molar-refractivity contribution >= 4 is 11.6 Å². The second-order valence-electron chi connectivity index (χ2n) is 5.29. The van der Waals surface area contributed by atoms with Crippen LogP contribution in [0.3, 0.4) is 0 Å². The summed E-state index contributed by atoms with van der Waals surface area (Å²) < 4.78 is 16.3. The van der Waals surface area contributed by atoms with Gasteiger partial charge in [-0.3, -0.25) is 4.79 Å². The average Bonchev–Trinajstić information content (AvgIpc) is 3.05. The molecule has 0 atom stereocenters. The number of para-hydroxylation sites is 2. The van der Waals surface area contributed by atoms with E-state index < -0.39 is 0 Å². The van der Waals surface area contributed by atoms with Crippen molar-refractivity contribution in [3.63, 3.8) is 0 Å². The van der Waals surface area contributed by atoms with E-state index in [1.165, 1.54) is 0 Å². The van der Waals surface area contributed by atoms with Crippen molar-refractivity contribution in [2.45, 2.75) is 13.8 Å². The minimum absolute atomic E-state index is 0.147. The lowest BCUT2D eigenvalue weighted by molar-refractivity contribution is 0.0987. The third-order valence-electron chi connectivity index (χ3n) is 3.35. The fourth-order valence-corrected chi connectivity index (χ4v) is 2.21. The Morgan fingerprint density at radius 3 is 2.52 bits per heavy atom.